The molecule has 4 N–H and O–H groups in total. The second kappa shape index (κ2) is 7.80. The molecule has 3 atom stereocenters. The van der Waals surface area contributed by atoms with Crippen LogP contribution in [0.2, 0.25) is 0 Å². The van der Waals surface area contributed by atoms with E-state index >= 15 is 0 Å². The SMILES string of the molecule is O=C(C1CCC(C2CCCC3NNNC32)CC1)N1CCN(C(=O)C2(O)CC2)CC1. The topological polar surface area (TPSA) is 96.9 Å². The van der Waals surface area contributed by atoms with Crippen LogP contribution in [0.5, 0.6) is 0 Å². The number of rotatable bonds is 3. The van der Waals surface area contributed by atoms with Gasteiger partial charge in [0.2, 0.25) is 5.91 Å². The van der Waals surface area contributed by atoms with Crippen molar-refractivity contribution in [1.29, 1.82) is 0 Å². The Labute approximate surface area is 172 Å². The molecule has 0 bridgehead atoms. The van der Waals surface area contributed by atoms with E-state index in [9.17, 15) is 14.7 Å². The molecule has 2 saturated heterocycles. The molecule has 2 heterocycles. The van der Waals surface area contributed by atoms with Crippen molar-refractivity contribution in [3.63, 3.8) is 0 Å². The molecular formula is C21H35N5O3. The Hall–Kier alpha value is -1.22. The van der Waals surface area contributed by atoms with Gasteiger partial charge in [-0.15, -0.1) is 0 Å². The zero-order chi connectivity index (χ0) is 20.0. The first-order valence-corrected chi connectivity index (χ1v) is 11.6. The Morgan fingerprint density at radius 1 is 0.862 bits per heavy atom. The molecule has 162 valence electrons. The van der Waals surface area contributed by atoms with Gasteiger partial charge in [-0.3, -0.25) is 9.59 Å². The van der Waals surface area contributed by atoms with Crippen molar-refractivity contribution in [2.45, 2.75) is 75.5 Å². The lowest BCUT2D eigenvalue weighted by Crippen LogP contribution is -2.54. The highest BCUT2D eigenvalue weighted by Gasteiger charge is 2.50. The Balaban J connectivity index is 1.10. The van der Waals surface area contributed by atoms with Crippen molar-refractivity contribution in [3.8, 4) is 0 Å². The van der Waals surface area contributed by atoms with Crippen LogP contribution >= 0.6 is 0 Å². The number of carbonyl (C=O) groups excluding carboxylic acids is 2. The number of nitrogens with one attached hydrogen (secondary N) is 3. The van der Waals surface area contributed by atoms with Gasteiger partial charge >= 0.3 is 0 Å². The molecular weight excluding hydrogens is 370 g/mol. The van der Waals surface area contributed by atoms with E-state index in [0.717, 1.165) is 31.6 Å². The van der Waals surface area contributed by atoms with Crippen LogP contribution in [-0.4, -0.2) is 70.6 Å². The number of carbonyl (C=O) groups is 2. The lowest BCUT2D eigenvalue weighted by atomic mass is 9.68. The molecule has 0 aromatic heterocycles. The quantitative estimate of drug-likeness (QED) is 0.533. The van der Waals surface area contributed by atoms with Crippen molar-refractivity contribution < 1.29 is 14.7 Å². The maximum Gasteiger partial charge on any atom is 0.254 e. The van der Waals surface area contributed by atoms with Crippen LogP contribution < -0.4 is 16.4 Å². The number of hydrogen-bond acceptors (Lipinski definition) is 6. The summed E-state index contributed by atoms with van der Waals surface area (Å²) < 4.78 is 0. The maximum absolute atomic E-state index is 13.0. The lowest BCUT2D eigenvalue weighted by Gasteiger charge is -2.42. The summed E-state index contributed by atoms with van der Waals surface area (Å²) in [5.74, 6) is 1.71. The first kappa shape index (κ1) is 19.7. The molecule has 3 aliphatic carbocycles. The zero-order valence-electron chi connectivity index (χ0n) is 17.2. The van der Waals surface area contributed by atoms with E-state index in [1.54, 1.807) is 4.90 Å². The minimum Gasteiger partial charge on any atom is -0.380 e. The van der Waals surface area contributed by atoms with Crippen molar-refractivity contribution in [1.82, 2.24) is 26.2 Å². The fourth-order valence-corrected chi connectivity index (χ4v) is 6.16. The molecule has 5 aliphatic rings. The third kappa shape index (κ3) is 3.80. The van der Waals surface area contributed by atoms with Gasteiger partial charge in [-0.2, -0.15) is 5.53 Å². The van der Waals surface area contributed by atoms with Crippen LogP contribution in [0.4, 0.5) is 0 Å². The molecule has 3 unspecified atom stereocenters. The van der Waals surface area contributed by atoms with E-state index in [-0.39, 0.29) is 17.7 Å². The number of nitrogens with zero attached hydrogens (tertiary/aromatic N) is 2. The van der Waals surface area contributed by atoms with Crippen LogP contribution in [0.3, 0.4) is 0 Å². The van der Waals surface area contributed by atoms with Gasteiger partial charge in [0.1, 0.15) is 5.60 Å². The van der Waals surface area contributed by atoms with Gasteiger partial charge in [0, 0.05) is 44.2 Å². The average Bonchev–Trinajstić information content (AvgIpc) is 3.33. The third-order valence-corrected chi connectivity index (χ3v) is 8.17. The van der Waals surface area contributed by atoms with E-state index in [0.29, 0.717) is 57.0 Å². The van der Waals surface area contributed by atoms with E-state index in [4.69, 9.17) is 0 Å². The minimum atomic E-state index is -1.10. The summed E-state index contributed by atoms with van der Waals surface area (Å²) in [5, 5.41) is 10.0. The highest BCUT2D eigenvalue weighted by Crippen LogP contribution is 2.41. The number of amides is 2. The van der Waals surface area contributed by atoms with E-state index < -0.39 is 5.60 Å². The molecule has 2 aliphatic heterocycles. The Morgan fingerprint density at radius 3 is 2.24 bits per heavy atom. The van der Waals surface area contributed by atoms with Gasteiger partial charge in [0.25, 0.3) is 5.91 Å². The van der Waals surface area contributed by atoms with Crippen LogP contribution in [0.15, 0.2) is 0 Å². The van der Waals surface area contributed by atoms with E-state index in [1.807, 2.05) is 4.90 Å². The summed E-state index contributed by atoms with van der Waals surface area (Å²) in [7, 11) is 0. The molecule has 5 fully saturated rings. The fraction of sp³-hybridized carbons (Fsp3) is 0.905. The van der Waals surface area contributed by atoms with Crippen LogP contribution in [0.1, 0.15) is 57.8 Å². The zero-order valence-corrected chi connectivity index (χ0v) is 17.2. The number of fused-ring (bicyclic) bond motifs is 1. The van der Waals surface area contributed by atoms with Gasteiger partial charge in [-0.1, -0.05) is 6.42 Å². The molecule has 8 nitrogen and oxygen atoms in total. The number of piperazine rings is 1. The summed E-state index contributed by atoms with van der Waals surface area (Å²) in [6.07, 6.45) is 9.28. The molecule has 5 rings (SSSR count). The second-order valence-electron chi connectivity index (χ2n) is 9.90. The average molecular weight is 406 g/mol. The monoisotopic (exact) mass is 405 g/mol. The van der Waals surface area contributed by atoms with Crippen LogP contribution in [0.25, 0.3) is 0 Å². The smallest absolute Gasteiger partial charge is 0.254 e. The Morgan fingerprint density at radius 2 is 1.55 bits per heavy atom. The van der Waals surface area contributed by atoms with Gasteiger partial charge < -0.3 is 14.9 Å². The first-order valence-electron chi connectivity index (χ1n) is 11.6. The highest BCUT2D eigenvalue weighted by atomic mass is 16.3. The van der Waals surface area contributed by atoms with Crippen molar-refractivity contribution in [3.05, 3.63) is 0 Å². The largest absolute Gasteiger partial charge is 0.380 e. The van der Waals surface area contributed by atoms with E-state index in [1.165, 1.54) is 19.3 Å². The summed E-state index contributed by atoms with van der Waals surface area (Å²) in [6, 6.07) is 1.06. The summed E-state index contributed by atoms with van der Waals surface area (Å²) >= 11 is 0. The number of hydrazine groups is 2. The molecule has 0 aromatic carbocycles. The van der Waals surface area contributed by atoms with Crippen LogP contribution in [-0.2, 0) is 9.59 Å². The predicted molar refractivity (Wildman–Crippen MR) is 107 cm³/mol. The minimum absolute atomic E-state index is 0.139. The number of aliphatic hydroxyl groups is 1. The third-order valence-electron chi connectivity index (χ3n) is 8.17. The van der Waals surface area contributed by atoms with Crippen LogP contribution in [0, 0.1) is 17.8 Å². The van der Waals surface area contributed by atoms with Gasteiger partial charge in [0.15, 0.2) is 0 Å². The summed E-state index contributed by atoms with van der Waals surface area (Å²) in [5.41, 5.74) is 8.82. The van der Waals surface area contributed by atoms with E-state index in [2.05, 4.69) is 16.4 Å². The molecule has 0 aromatic rings. The second-order valence-corrected chi connectivity index (χ2v) is 9.90. The Bertz CT molecular complexity index is 638. The molecule has 0 spiro atoms. The van der Waals surface area contributed by atoms with Gasteiger partial charge in [0.05, 0.1) is 0 Å². The summed E-state index contributed by atoms with van der Waals surface area (Å²) in [6.45, 7) is 2.32. The van der Waals surface area contributed by atoms with Crippen molar-refractivity contribution >= 4 is 11.8 Å². The normalized spacial score (nSPS) is 39.1. The molecule has 29 heavy (non-hydrogen) atoms. The lowest BCUT2D eigenvalue weighted by molar-refractivity contribution is -0.148. The predicted octanol–water partition coefficient (Wildman–Crippen LogP) is 0.138. The van der Waals surface area contributed by atoms with Crippen molar-refractivity contribution in [2.75, 3.05) is 26.2 Å². The molecule has 2 amide bonds. The van der Waals surface area contributed by atoms with Crippen molar-refractivity contribution in [2.24, 2.45) is 17.8 Å². The summed E-state index contributed by atoms with van der Waals surface area (Å²) in [4.78, 5) is 29.0. The Kier molecular flexibility index (Phi) is 5.30. The molecule has 0 radical (unpaired) electrons. The number of hydrogen-bond donors (Lipinski definition) is 4. The molecule has 8 heteroatoms. The fourth-order valence-electron chi connectivity index (χ4n) is 6.16. The standard InChI is InChI=1S/C21H35N5O3/c27-19(25-10-12-26(13-11-25)20(28)21(29)8-9-21)15-6-4-14(5-7-15)16-2-1-3-17-18(16)23-24-22-17/h14-18,22-24,29H,1-13H2. The van der Waals surface area contributed by atoms with Gasteiger partial charge in [-0.05, 0) is 63.2 Å². The highest BCUT2D eigenvalue weighted by molar-refractivity contribution is 5.88. The van der Waals surface area contributed by atoms with Gasteiger partial charge in [-0.25, -0.2) is 10.9 Å². The maximum atomic E-state index is 13.0. The first-order chi connectivity index (χ1) is 14.0. The molecule has 3 saturated carbocycles.